The molecular weight excluding hydrogens is 342 g/mol. The molecule has 0 unspecified atom stereocenters. The van der Waals surface area contributed by atoms with Crippen LogP contribution in [0.4, 0.5) is 0 Å². The van der Waals surface area contributed by atoms with Crippen molar-refractivity contribution in [3.63, 3.8) is 0 Å². The molecule has 0 bridgehead atoms. The van der Waals surface area contributed by atoms with E-state index in [2.05, 4.69) is 15.5 Å². The van der Waals surface area contributed by atoms with Gasteiger partial charge >= 0.3 is 0 Å². The first-order valence-corrected chi connectivity index (χ1v) is 10.3. The smallest absolute Gasteiger partial charge is 0.251 e. The molecule has 1 heterocycles. The van der Waals surface area contributed by atoms with Crippen LogP contribution in [0.25, 0.3) is 0 Å². The van der Waals surface area contributed by atoms with Gasteiger partial charge in [-0.2, -0.15) is 0 Å². The van der Waals surface area contributed by atoms with Gasteiger partial charge in [0.25, 0.3) is 5.91 Å². The van der Waals surface area contributed by atoms with Gasteiger partial charge < -0.3 is 15.4 Å². The lowest BCUT2D eigenvalue weighted by Gasteiger charge is -2.26. The van der Waals surface area contributed by atoms with Crippen LogP contribution < -0.4 is 10.6 Å². The minimum atomic E-state index is -2.87. The number of carbonyl (C=O) groups is 1. The second-order valence-corrected chi connectivity index (χ2v) is 8.43. The maximum Gasteiger partial charge on any atom is 0.251 e. The summed E-state index contributed by atoms with van der Waals surface area (Å²) in [5.74, 6) is 0.323. The molecule has 2 N–H and O–H groups in total. The summed E-state index contributed by atoms with van der Waals surface area (Å²) >= 11 is 0. The Kier molecular flexibility index (Phi) is 7.83. The van der Waals surface area contributed by atoms with Crippen LogP contribution in [0.2, 0.25) is 0 Å². The highest BCUT2D eigenvalue weighted by molar-refractivity contribution is 7.91. The summed E-state index contributed by atoms with van der Waals surface area (Å²) in [6, 6.07) is 7.49. The van der Waals surface area contributed by atoms with Gasteiger partial charge in [-0.25, -0.2) is 8.42 Å². The SMILES string of the molecule is COCCNCCNC(=O)c1cccc(CN2CCS(=O)(=O)CC2)c1. The fourth-order valence-corrected chi connectivity index (χ4v) is 3.92. The third-order valence-corrected chi connectivity index (χ3v) is 5.71. The van der Waals surface area contributed by atoms with Crippen molar-refractivity contribution in [3.8, 4) is 0 Å². The van der Waals surface area contributed by atoms with Crippen LogP contribution in [0.3, 0.4) is 0 Å². The number of sulfone groups is 1. The summed E-state index contributed by atoms with van der Waals surface area (Å²) in [6.07, 6.45) is 0. The topological polar surface area (TPSA) is 87.7 Å². The molecule has 8 heteroatoms. The molecule has 1 aliphatic heterocycles. The number of rotatable bonds is 9. The van der Waals surface area contributed by atoms with Crippen molar-refractivity contribution in [2.75, 3.05) is 57.9 Å². The molecule has 0 aromatic heterocycles. The summed E-state index contributed by atoms with van der Waals surface area (Å²) < 4.78 is 27.9. The van der Waals surface area contributed by atoms with Gasteiger partial charge in [-0.15, -0.1) is 0 Å². The molecule has 0 spiro atoms. The minimum Gasteiger partial charge on any atom is -0.383 e. The Balaban J connectivity index is 1.79. The van der Waals surface area contributed by atoms with Crippen molar-refractivity contribution in [2.45, 2.75) is 6.54 Å². The molecular formula is C17H27N3O4S. The van der Waals surface area contributed by atoms with Gasteiger partial charge in [-0.05, 0) is 17.7 Å². The van der Waals surface area contributed by atoms with Gasteiger partial charge in [-0.3, -0.25) is 9.69 Å². The zero-order valence-corrected chi connectivity index (χ0v) is 15.5. The predicted molar refractivity (Wildman–Crippen MR) is 97.5 cm³/mol. The highest BCUT2D eigenvalue weighted by atomic mass is 32.2. The first-order chi connectivity index (χ1) is 12.0. The van der Waals surface area contributed by atoms with Gasteiger partial charge in [0.1, 0.15) is 0 Å². The van der Waals surface area contributed by atoms with Crippen LogP contribution >= 0.6 is 0 Å². The number of hydrogen-bond donors (Lipinski definition) is 2. The fourth-order valence-electron chi connectivity index (χ4n) is 2.64. The Morgan fingerprint density at radius 1 is 1.20 bits per heavy atom. The molecule has 1 amide bonds. The van der Waals surface area contributed by atoms with Gasteiger partial charge in [0.2, 0.25) is 0 Å². The molecule has 1 aliphatic rings. The lowest BCUT2D eigenvalue weighted by atomic mass is 10.1. The largest absolute Gasteiger partial charge is 0.383 e. The normalized spacial score (nSPS) is 17.3. The second-order valence-electron chi connectivity index (χ2n) is 6.13. The number of ether oxygens (including phenoxy) is 1. The van der Waals surface area contributed by atoms with Crippen molar-refractivity contribution < 1.29 is 17.9 Å². The van der Waals surface area contributed by atoms with Gasteiger partial charge in [0.05, 0.1) is 18.1 Å². The summed E-state index contributed by atoms with van der Waals surface area (Å²) in [5, 5.41) is 6.05. The van der Waals surface area contributed by atoms with Crippen LogP contribution in [0.15, 0.2) is 24.3 Å². The monoisotopic (exact) mass is 369 g/mol. The maximum atomic E-state index is 12.2. The molecule has 0 saturated carbocycles. The van der Waals surface area contributed by atoms with Crippen LogP contribution in [0.5, 0.6) is 0 Å². The van der Waals surface area contributed by atoms with E-state index in [4.69, 9.17) is 4.74 Å². The molecule has 140 valence electrons. The molecule has 7 nitrogen and oxygen atoms in total. The van der Waals surface area contributed by atoms with E-state index in [1.807, 2.05) is 18.2 Å². The van der Waals surface area contributed by atoms with Crippen LogP contribution in [-0.4, -0.2) is 77.2 Å². The average molecular weight is 369 g/mol. The van der Waals surface area contributed by atoms with Gasteiger partial charge in [0.15, 0.2) is 9.84 Å². The van der Waals surface area contributed by atoms with Crippen molar-refractivity contribution in [2.24, 2.45) is 0 Å². The van der Waals surface area contributed by atoms with E-state index in [1.54, 1.807) is 13.2 Å². The molecule has 0 radical (unpaired) electrons. The number of benzene rings is 1. The number of carbonyl (C=O) groups excluding carboxylic acids is 1. The van der Waals surface area contributed by atoms with Crippen LogP contribution in [-0.2, 0) is 21.1 Å². The van der Waals surface area contributed by atoms with E-state index < -0.39 is 9.84 Å². The quantitative estimate of drug-likeness (QED) is 0.590. The zero-order chi connectivity index (χ0) is 18.1. The van der Waals surface area contributed by atoms with E-state index in [1.165, 1.54) is 0 Å². The van der Waals surface area contributed by atoms with E-state index in [9.17, 15) is 13.2 Å². The van der Waals surface area contributed by atoms with Crippen molar-refractivity contribution in [3.05, 3.63) is 35.4 Å². The van der Waals surface area contributed by atoms with E-state index in [-0.39, 0.29) is 17.4 Å². The highest BCUT2D eigenvalue weighted by Gasteiger charge is 2.21. The fraction of sp³-hybridized carbons (Fsp3) is 0.588. The Morgan fingerprint density at radius 3 is 2.68 bits per heavy atom. The van der Waals surface area contributed by atoms with Crippen molar-refractivity contribution in [1.82, 2.24) is 15.5 Å². The summed E-state index contributed by atoms with van der Waals surface area (Å²) in [4.78, 5) is 14.3. The molecule has 1 fully saturated rings. The molecule has 1 saturated heterocycles. The van der Waals surface area contributed by atoms with E-state index >= 15 is 0 Å². The Bertz CT molecular complexity index is 650. The highest BCUT2D eigenvalue weighted by Crippen LogP contribution is 2.11. The number of nitrogens with zero attached hydrogens (tertiary/aromatic N) is 1. The molecule has 2 rings (SSSR count). The summed E-state index contributed by atoms with van der Waals surface area (Å²) in [6.45, 7) is 4.40. The molecule has 1 aromatic rings. The van der Waals surface area contributed by atoms with Crippen molar-refractivity contribution in [1.29, 1.82) is 0 Å². The van der Waals surface area contributed by atoms with Crippen LogP contribution in [0, 0.1) is 0 Å². The molecule has 1 aromatic carbocycles. The lowest BCUT2D eigenvalue weighted by molar-refractivity contribution is 0.0953. The number of amides is 1. The number of hydrogen-bond acceptors (Lipinski definition) is 6. The predicted octanol–water partition coefficient (Wildman–Crippen LogP) is -0.117. The lowest BCUT2D eigenvalue weighted by Crippen LogP contribution is -2.39. The molecule has 25 heavy (non-hydrogen) atoms. The average Bonchev–Trinajstić information content (AvgIpc) is 2.60. The Morgan fingerprint density at radius 2 is 1.96 bits per heavy atom. The maximum absolute atomic E-state index is 12.2. The third-order valence-electron chi connectivity index (χ3n) is 4.10. The Labute approximate surface area is 149 Å². The third kappa shape index (κ3) is 7.11. The summed E-state index contributed by atoms with van der Waals surface area (Å²) in [5.41, 5.74) is 1.64. The van der Waals surface area contributed by atoms with Gasteiger partial charge in [-0.1, -0.05) is 12.1 Å². The molecule has 0 aliphatic carbocycles. The van der Waals surface area contributed by atoms with E-state index in [0.717, 1.165) is 12.1 Å². The van der Waals surface area contributed by atoms with E-state index in [0.29, 0.717) is 44.9 Å². The first kappa shape index (κ1) is 19.8. The number of methoxy groups -OCH3 is 1. The van der Waals surface area contributed by atoms with Crippen molar-refractivity contribution >= 4 is 15.7 Å². The number of nitrogens with one attached hydrogen (secondary N) is 2. The minimum absolute atomic E-state index is 0.100. The van der Waals surface area contributed by atoms with Gasteiger partial charge in [0, 0.05) is 51.9 Å². The summed E-state index contributed by atoms with van der Waals surface area (Å²) in [7, 11) is -1.22. The Hall–Kier alpha value is -1.48. The van der Waals surface area contributed by atoms with Crippen LogP contribution in [0.1, 0.15) is 15.9 Å². The first-order valence-electron chi connectivity index (χ1n) is 8.50. The zero-order valence-electron chi connectivity index (χ0n) is 14.7. The molecule has 0 atom stereocenters. The second kappa shape index (κ2) is 9.86. The standard InChI is InChI=1S/C17H27N3O4S/c1-24-10-7-18-5-6-19-17(21)16-4-2-3-15(13-16)14-20-8-11-25(22,23)12-9-20/h2-4,13,18H,5-12,14H2,1H3,(H,19,21).